The second kappa shape index (κ2) is 4.34. The average Bonchev–Trinajstić information content (AvgIpc) is 1.81. The quantitative estimate of drug-likeness (QED) is 0.623. The van der Waals surface area contributed by atoms with Crippen molar-refractivity contribution in [2.24, 2.45) is 11.7 Å². The minimum atomic E-state index is -0.263. The number of rotatable bonds is 3. The summed E-state index contributed by atoms with van der Waals surface area (Å²) in [7, 11) is 0. The van der Waals surface area contributed by atoms with Crippen molar-refractivity contribution in [3.8, 4) is 0 Å². The Bertz CT molecular complexity index is 124. The van der Waals surface area contributed by atoms with Gasteiger partial charge in [-0.05, 0) is 12.8 Å². The van der Waals surface area contributed by atoms with Gasteiger partial charge >= 0.3 is 5.97 Å². The number of esters is 1. The molecular formula is C8H17NO2. The van der Waals surface area contributed by atoms with Gasteiger partial charge in [0.1, 0.15) is 6.10 Å². The van der Waals surface area contributed by atoms with E-state index in [1.54, 1.807) is 0 Å². The lowest BCUT2D eigenvalue weighted by atomic mass is 10.0. The molecule has 0 aromatic rings. The number of nitrogens with two attached hydrogens (primary N) is 1. The summed E-state index contributed by atoms with van der Waals surface area (Å²) in [6.45, 7) is 7.21. The molecule has 0 saturated heterocycles. The molecule has 0 amide bonds. The predicted molar refractivity (Wildman–Crippen MR) is 44.0 cm³/mol. The van der Waals surface area contributed by atoms with E-state index in [1.807, 2.05) is 20.8 Å². The average molecular weight is 159 g/mol. The Kier molecular flexibility index (Phi) is 4.11. The Morgan fingerprint density at radius 3 is 1.91 bits per heavy atom. The van der Waals surface area contributed by atoms with Crippen molar-refractivity contribution in [3.05, 3.63) is 0 Å². The summed E-state index contributed by atoms with van der Waals surface area (Å²) in [6.07, 6.45) is -0.160. The van der Waals surface area contributed by atoms with Gasteiger partial charge in [0, 0.05) is 13.0 Å². The molecule has 0 aliphatic carbocycles. The van der Waals surface area contributed by atoms with E-state index < -0.39 is 0 Å². The van der Waals surface area contributed by atoms with Crippen LogP contribution in [0.4, 0.5) is 0 Å². The normalized spacial score (nSPS) is 16.2. The van der Waals surface area contributed by atoms with Crippen LogP contribution in [0.1, 0.15) is 27.7 Å². The zero-order valence-electron chi connectivity index (χ0n) is 7.63. The number of ether oxygens (including phenoxy) is 1. The summed E-state index contributed by atoms with van der Waals surface area (Å²) < 4.78 is 5.01. The highest BCUT2D eigenvalue weighted by atomic mass is 16.5. The van der Waals surface area contributed by atoms with E-state index in [0.29, 0.717) is 0 Å². The Labute approximate surface area is 67.9 Å². The first-order chi connectivity index (χ1) is 4.95. The smallest absolute Gasteiger partial charge is 0.302 e. The van der Waals surface area contributed by atoms with Crippen molar-refractivity contribution in [2.45, 2.75) is 39.8 Å². The Balaban J connectivity index is 4.00. The summed E-state index contributed by atoms with van der Waals surface area (Å²) in [5, 5.41) is 0. The monoisotopic (exact) mass is 159 g/mol. The molecule has 3 nitrogen and oxygen atoms in total. The summed E-state index contributed by atoms with van der Waals surface area (Å²) in [5.41, 5.74) is 5.61. The van der Waals surface area contributed by atoms with Crippen LogP contribution >= 0.6 is 0 Å². The second-order valence-corrected chi connectivity index (χ2v) is 3.18. The second-order valence-electron chi connectivity index (χ2n) is 3.18. The third-order valence-corrected chi connectivity index (χ3v) is 1.48. The highest BCUT2D eigenvalue weighted by Crippen LogP contribution is 2.09. The van der Waals surface area contributed by atoms with E-state index in [0.717, 1.165) is 0 Å². The highest BCUT2D eigenvalue weighted by molar-refractivity contribution is 5.66. The molecule has 0 rings (SSSR count). The summed E-state index contributed by atoms with van der Waals surface area (Å²) in [4.78, 5) is 10.6. The molecule has 0 radical (unpaired) electrons. The van der Waals surface area contributed by atoms with Crippen LogP contribution in [0.5, 0.6) is 0 Å². The topological polar surface area (TPSA) is 52.3 Å². The molecule has 0 fully saturated rings. The Morgan fingerprint density at radius 2 is 1.82 bits per heavy atom. The van der Waals surface area contributed by atoms with Crippen LogP contribution in [-0.2, 0) is 9.53 Å². The lowest BCUT2D eigenvalue weighted by molar-refractivity contribution is -0.149. The molecule has 0 aliphatic heterocycles. The van der Waals surface area contributed by atoms with E-state index in [1.165, 1.54) is 6.92 Å². The first kappa shape index (κ1) is 10.4. The molecule has 0 aliphatic rings. The SMILES string of the molecule is CC(=O)OC(C(C)C)C(C)N. The Morgan fingerprint density at radius 1 is 1.36 bits per heavy atom. The molecule has 0 aromatic carbocycles. The summed E-state index contributed by atoms with van der Waals surface area (Å²) in [6, 6.07) is -0.0982. The van der Waals surface area contributed by atoms with Gasteiger partial charge in [-0.3, -0.25) is 4.79 Å². The van der Waals surface area contributed by atoms with Gasteiger partial charge in [0.15, 0.2) is 0 Å². The van der Waals surface area contributed by atoms with Crippen LogP contribution in [0.3, 0.4) is 0 Å². The largest absolute Gasteiger partial charge is 0.461 e. The van der Waals surface area contributed by atoms with Crippen molar-refractivity contribution in [1.29, 1.82) is 0 Å². The fourth-order valence-corrected chi connectivity index (χ4v) is 1.04. The molecule has 0 heterocycles. The third-order valence-electron chi connectivity index (χ3n) is 1.48. The van der Waals surface area contributed by atoms with E-state index in [-0.39, 0.29) is 24.0 Å². The molecule has 2 N–H and O–H groups in total. The molecule has 0 saturated carbocycles. The van der Waals surface area contributed by atoms with Gasteiger partial charge in [-0.15, -0.1) is 0 Å². The number of carbonyl (C=O) groups is 1. The van der Waals surface area contributed by atoms with Gasteiger partial charge in [-0.25, -0.2) is 0 Å². The molecule has 11 heavy (non-hydrogen) atoms. The fraction of sp³-hybridized carbons (Fsp3) is 0.875. The standard InChI is InChI=1S/C8H17NO2/c1-5(2)8(6(3)9)11-7(4)10/h5-6,8H,9H2,1-4H3. The van der Waals surface area contributed by atoms with E-state index in [9.17, 15) is 4.79 Å². The zero-order valence-corrected chi connectivity index (χ0v) is 7.63. The molecule has 0 bridgehead atoms. The lowest BCUT2D eigenvalue weighted by Gasteiger charge is -2.23. The highest BCUT2D eigenvalue weighted by Gasteiger charge is 2.20. The molecule has 2 atom stereocenters. The number of hydrogen-bond donors (Lipinski definition) is 1. The van der Waals surface area contributed by atoms with Crippen molar-refractivity contribution in [2.75, 3.05) is 0 Å². The van der Waals surface area contributed by atoms with Crippen LogP contribution in [-0.4, -0.2) is 18.1 Å². The van der Waals surface area contributed by atoms with Crippen LogP contribution in [0.2, 0.25) is 0 Å². The number of carbonyl (C=O) groups excluding carboxylic acids is 1. The molecule has 0 aromatic heterocycles. The first-order valence-corrected chi connectivity index (χ1v) is 3.88. The maximum Gasteiger partial charge on any atom is 0.302 e. The van der Waals surface area contributed by atoms with Crippen molar-refractivity contribution < 1.29 is 9.53 Å². The van der Waals surface area contributed by atoms with Crippen LogP contribution in [0.15, 0.2) is 0 Å². The third kappa shape index (κ3) is 3.98. The predicted octanol–water partition coefficient (Wildman–Crippen LogP) is 0.921. The van der Waals surface area contributed by atoms with E-state index >= 15 is 0 Å². The minimum absolute atomic E-state index is 0.0982. The maximum absolute atomic E-state index is 10.6. The lowest BCUT2D eigenvalue weighted by Crippen LogP contribution is -2.39. The van der Waals surface area contributed by atoms with Crippen LogP contribution in [0, 0.1) is 5.92 Å². The van der Waals surface area contributed by atoms with Crippen molar-refractivity contribution >= 4 is 5.97 Å². The molecular weight excluding hydrogens is 142 g/mol. The maximum atomic E-state index is 10.6. The van der Waals surface area contributed by atoms with Crippen LogP contribution in [0.25, 0.3) is 0 Å². The van der Waals surface area contributed by atoms with Gasteiger partial charge in [0.25, 0.3) is 0 Å². The van der Waals surface area contributed by atoms with Gasteiger partial charge in [0.05, 0.1) is 0 Å². The minimum Gasteiger partial charge on any atom is -0.461 e. The van der Waals surface area contributed by atoms with Crippen LogP contribution < -0.4 is 5.73 Å². The van der Waals surface area contributed by atoms with Gasteiger partial charge < -0.3 is 10.5 Å². The van der Waals surface area contributed by atoms with Gasteiger partial charge in [-0.2, -0.15) is 0 Å². The fourth-order valence-electron chi connectivity index (χ4n) is 1.04. The summed E-state index contributed by atoms with van der Waals surface area (Å²) >= 11 is 0. The summed E-state index contributed by atoms with van der Waals surface area (Å²) in [5.74, 6) is 0.0138. The zero-order chi connectivity index (χ0) is 9.02. The Hall–Kier alpha value is -0.570. The van der Waals surface area contributed by atoms with Gasteiger partial charge in [-0.1, -0.05) is 13.8 Å². The molecule has 2 unspecified atom stereocenters. The molecule has 66 valence electrons. The number of hydrogen-bond acceptors (Lipinski definition) is 3. The van der Waals surface area contributed by atoms with E-state index in [2.05, 4.69) is 0 Å². The van der Waals surface area contributed by atoms with Crippen molar-refractivity contribution in [1.82, 2.24) is 0 Å². The first-order valence-electron chi connectivity index (χ1n) is 3.88. The van der Waals surface area contributed by atoms with Crippen molar-refractivity contribution in [3.63, 3.8) is 0 Å². The van der Waals surface area contributed by atoms with Gasteiger partial charge in [0.2, 0.25) is 0 Å². The molecule has 0 spiro atoms. The van der Waals surface area contributed by atoms with E-state index in [4.69, 9.17) is 10.5 Å². The molecule has 3 heteroatoms.